The van der Waals surface area contributed by atoms with Crippen molar-refractivity contribution in [3.05, 3.63) is 62.3 Å². The van der Waals surface area contributed by atoms with Crippen molar-refractivity contribution in [1.82, 2.24) is 9.55 Å². The molecule has 7 nitrogen and oxygen atoms in total. The molecular weight excluding hydrogens is 332 g/mol. The maximum Gasteiger partial charge on any atom is 0.330 e. The third-order valence-electron chi connectivity index (χ3n) is 4.08. The first-order valence-electron chi connectivity index (χ1n) is 8.50. The number of benzene rings is 1. The van der Waals surface area contributed by atoms with E-state index in [4.69, 9.17) is 5.73 Å². The van der Waals surface area contributed by atoms with Crippen LogP contribution in [0.1, 0.15) is 30.9 Å². The molecule has 2 rings (SSSR count). The molecule has 0 spiro atoms. The Kier molecular flexibility index (Phi) is 6.16. The van der Waals surface area contributed by atoms with Crippen molar-refractivity contribution < 1.29 is 4.79 Å². The van der Waals surface area contributed by atoms with Crippen LogP contribution in [0, 0.1) is 6.92 Å². The number of carbonyl (C=O) groups excluding carboxylic acids is 1. The van der Waals surface area contributed by atoms with Crippen LogP contribution in [0.2, 0.25) is 0 Å². The van der Waals surface area contributed by atoms with Gasteiger partial charge in [-0.2, -0.15) is 0 Å². The van der Waals surface area contributed by atoms with Gasteiger partial charge in [0.25, 0.3) is 11.5 Å². The normalized spacial score (nSPS) is 11.0. The van der Waals surface area contributed by atoms with E-state index in [0.29, 0.717) is 6.54 Å². The minimum absolute atomic E-state index is 0.00740. The molecule has 1 aromatic carbocycles. The summed E-state index contributed by atoms with van der Waals surface area (Å²) in [6.45, 7) is 4.33. The minimum atomic E-state index is -0.681. The fraction of sp³-hybridized carbons (Fsp3) is 0.316. The van der Waals surface area contributed by atoms with Gasteiger partial charge in [0.15, 0.2) is 5.69 Å². The lowest BCUT2D eigenvalue weighted by atomic mass is 10.1. The molecule has 0 saturated carbocycles. The fourth-order valence-electron chi connectivity index (χ4n) is 2.60. The largest absolute Gasteiger partial charge is 0.383 e. The van der Waals surface area contributed by atoms with E-state index in [1.165, 1.54) is 17.7 Å². The minimum Gasteiger partial charge on any atom is -0.383 e. The fourth-order valence-corrected chi connectivity index (χ4v) is 2.60. The van der Waals surface area contributed by atoms with Crippen molar-refractivity contribution in [2.75, 3.05) is 17.7 Å². The van der Waals surface area contributed by atoms with E-state index in [1.54, 1.807) is 6.08 Å². The number of nitrogens with two attached hydrogens (primary N) is 1. The molecule has 0 aliphatic heterocycles. The quantitative estimate of drug-likeness (QED) is 0.772. The molecule has 0 bridgehead atoms. The van der Waals surface area contributed by atoms with E-state index in [2.05, 4.69) is 4.98 Å². The molecule has 26 heavy (non-hydrogen) atoms. The zero-order valence-electron chi connectivity index (χ0n) is 15.3. The van der Waals surface area contributed by atoms with Crippen molar-refractivity contribution in [3.63, 3.8) is 0 Å². The molecule has 7 heteroatoms. The molecular formula is C19H24N4O3. The van der Waals surface area contributed by atoms with E-state index in [-0.39, 0.29) is 11.5 Å². The maximum absolute atomic E-state index is 12.5. The topological polar surface area (TPSA) is 101 Å². The van der Waals surface area contributed by atoms with E-state index in [1.807, 2.05) is 38.1 Å². The third kappa shape index (κ3) is 4.30. The Morgan fingerprint density at radius 3 is 2.73 bits per heavy atom. The van der Waals surface area contributed by atoms with Gasteiger partial charge in [-0.05, 0) is 25.0 Å². The average molecular weight is 356 g/mol. The molecule has 0 aliphatic rings. The van der Waals surface area contributed by atoms with Crippen LogP contribution >= 0.6 is 0 Å². The van der Waals surface area contributed by atoms with Crippen LogP contribution in [0.4, 0.5) is 11.5 Å². The summed E-state index contributed by atoms with van der Waals surface area (Å²) in [5.74, 6) is -0.420. The van der Waals surface area contributed by atoms with Crippen LogP contribution in [0.25, 0.3) is 6.08 Å². The molecule has 1 heterocycles. The second-order valence-electron chi connectivity index (χ2n) is 6.14. The lowest BCUT2D eigenvalue weighted by Crippen LogP contribution is -2.38. The van der Waals surface area contributed by atoms with Crippen molar-refractivity contribution in [1.29, 1.82) is 0 Å². The van der Waals surface area contributed by atoms with E-state index < -0.39 is 17.2 Å². The number of aromatic amines is 1. The Labute approximate surface area is 151 Å². The first-order valence-corrected chi connectivity index (χ1v) is 8.50. The van der Waals surface area contributed by atoms with Gasteiger partial charge >= 0.3 is 5.69 Å². The number of anilines is 2. The Balaban J connectivity index is 2.33. The molecule has 0 fully saturated rings. The Bertz CT molecular complexity index is 941. The van der Waals surface area contributed by atoms with Gasteiger partial charge in [0, 0.05) is 19.7 Å². The molecule has 0 saturated heterocycles. The summed E-state index contributed by atoms with van der Waals surface area (Å²) >= 11 is 0. The Morgan fingerprint density at radius 2 is 2.08 bits per heavy atom. The highest BCUT2D eigenvalue weighted by atomic mass is 16.2. The number of likely N-dealkylation sites (N-methyl/N-ethyl adjacent to an activating group) is 1. The Morgan fingerprint density at radius 1 is 1.35 bits per heavy atom. The van der Waals surface area contributed by atoms with Gasteiger partial charge in [-0.25, -0.2) is 4.79 Å². The van der Waals surface area contributed by atoms with Gasteiger partial charge in [-0.3, -0.25) is 19.1 Å². The number of nitrogens with zero attached hydrogens (tertiary/aromatic N) is 2. The molecule has 0 aliphatic carbocycles. The number of hydrogen-bond acceptors (Lipinski definition) is 4. The smallest absolute Gasteiger partial charge is 0.330 e. The highest BCUT2D eigenvalue weighted by Crippen LogP contribution is 2.16. The van der Waals surface area contributed by atoms with Crippen molar-refractivity contribution in [2.45, 2.75) is 33.2 Å². The molecule has 2 aromatic rings. The monoisotopic (exact) mass is 356 g/mol. The van der Waals surface area contributed by atoms with Gasteiger partial charge in [-0.15, -0.1) is 0 Å². The zero-order chi connectivity index (χ0) is 19.3. The number of aromatic nitrogens is 2. The zero-order valence-corrected chi connectivity index (χ0v) is 15.3. The lowest BCUT2D eigenvalue weighted by Gasteiger charge is -2.19. The predicted molar refractivity (Wildman–Crippen MR) is 104 cm³/mol. The summed E-state index contributed by atoms with van der Waals surface area (Å²) in [5, 5.41) is 0. The van der Waals surface area contributed by atoms with Crippen LogP contribution in [-0.4, -0.2) is 22.5 Å². The number of carbonyl (C=O) groups is 1. The van der Waals surface area contributed by atoms with Crippen molar-refractivity contribution >= 4 is 23.5 Å². The standard InChI is InChI=1S/C19H24N4O3/c1-4-5-11-23-17(20)16(18(25)21-19(23)26)22(3)15(24)10-9-14-8-6-7-13(2)12-14/h6-10,12H,4-5,11,20H2,1-3H3,(H,21,25,26)/b10-9+. The first-order chi connectivity index (χ1) is 12.3. The number of nitrogen functional groups attached to an aromatic ring is 1. The molecule has 0 radical (unpaired) electrons. The molecule has 0 atom stereocenters. The Hall–Kier alpha value is -3.09. The summed E-state index contributed by atoms with van der Waals surface area (Å²) in [7, 11) is 1.46. The second kappa shape index (κ2) is 8.33. The number of nitrogens with one attached hydrogen (secondary N) is 1. The highest BCUT2D eigenvalue weighted by molar-refractivity contribution is 6.04. The van der Waals surface area contributed by atoms with Gasteiger partial charge in [0.2, 0.25) is 0 Å². The van der Waals surface area contributed by atoms with Crippen LogP contribution < -0.4 is 21.9 Å². The van der Waals surface area contributed by atoms with Crippen LogP contribution in [-0.2, 0) is 11.3 Å². The maximum atomic E-state index is 12.5. The molecule has 1 aromatic heterocycles. The van der Waals surface area contributed by atoms with Crippen molar-refractivity contribution in [3.8, 4) is 0 Å². The number of rotatable bonds is 6. The van der Waals surface area contributed by atoms with Crippen molar-refractivity contribution in [2.24, 2.45) is 0 Å². The number of amides is 1. The summed E-state index contributed by atoms with van der Waals surface area (Å²) < 4.78 is 1.29. The molecule has 3 N–H and O–H groups in total. The predicted octanol–water partition coefficient (Wildman–Crippen LogP) is 1.90. The van der Waals surface area contributed by atoms with E-state index in [0.717, 1.165) is 28.9 Å². The average Bonchev–Trinajstić information content (AvgIpc) is 2.59. The summed E-state index contributed by atoms with van der Waals surface area (Å²) in [6, 6.07) is 7.68. The van der Waals surface area contributed by atoms with Crippen LogP contribution in [0.3, 0.4) is 0 Å². The van der Waals surface area contributed by atoms with Gasteiger partial charge < -0.3 is 10.6 Å². The highest BCUT2D eigenvalue weighted by Gasteiger charge is 2.19. The van der Waals surface area contributed by atoms with E-state index >= 15 is 0 Å². The lowest BCUT2D eigenvalue weighted by molar-refractivity contribution is -0.113. The first kappa shape index (κ1) is 19.2. The third-order valence-corrected chi connectivity index (χ3v) is 4.08. The van der Waals surface area contributed by atoms with E-state index in [9.17, 15) is 14.4 Å². The molecule has 1 amide bonds. The molecule has 138 valence electrons. The molecule has 0 unspecified atom stereocenters. The van der Waals surface area contributed by atoms with Crippen LogP contribution in [0.15, 0.2) is 39.9 Å². The SMILES string of the molecule is CCCCn1c(N)c(N(C)C(=O)/C=C/c2cccc(C)c2)c(=O)[nH]c1=O. The number of aryl methyl sites for hydroxylation is 1. The number of hydrogen-bond donors (Lipinski definition) is 2. The van der Waals surface area contributed by atoms with Gasteiger partial charge in [0.05, 0.1) is 0 Å². The van der Waals surface area contributed by atoms with Gasteiger partial charge in [0.1, 0.15) is 5.82 Å². The van der Waals surface area contributed by atoms with Crippen LogP contribution in [0.5, 0.6) is 0 Å². The van der Waals surface area contributed by atoms with Gasteiger partial charge in [-0.1, -0.05) is 43.2 Å². The summed E-state index contributed by atoms with van der Waals surface area (Å²) in [4.78, 5) is 40.0. The summed E-state index contributed by atoms with van der Waals surface area (Å²) in [6.07, 6.45) is 4.65. The summed E-state index contributed by atoms with van der Waals surface area (Å²) in [5.41, 5.74) is 6.70. The number of unbranched alkanes of at least 4 members (excludes halogenated alkanes) is 1. The second-order valence-corrected chi connectivity index (χ2v) is 6.14. The number of H-pyrrole nitrogens is 1.